The van der Waals surface area contributed by atoms with Crippen molar-refractivity contribution < 1.29 is 19.1 Å². The van der Waals surface area contributed by atoms with Crippen LogP contribution in [0.25, 0.3) is 10.9 Å². The van der Waals surface area contributed by atoms with Crippen LogP contribution in [0.15, 0.2) is 30.3 Å². The highest BCUT2D eigenvalue weighted by Crippen LogP contribution is 2.55. The molecule has 2 aromatic rings. The third kappa shape index (κ3) is 2.47. The number of aromatic nitrogens is 1. The number of carbonyl (C=O) groups is 2. The molecular weight excluding hydrogens is 282 g/mol. The van der Waals surface area contributed by atoms with Gasteiger partial charge in [0.1, 0.15) is 0 Å². The van der Waals surface area contributed by atoms with Gasteiger partial charge < -0.3 is 14.5 Å². The molecule has 1 aromatic carbocycles. The lowest BCUT2D eigenvalue weighted by Crippen LogP contribution is -2.13. The van der Waals surface area contributed by atoms with E-state index in [9.17, 15) is 9.59 Å². The summed E-state index contributed by atoms with van der Waals surface area (Å²) in [5, 5.41) is 1.06. The fourth-order valence-corrected chi connectivity index (χ4v) is 3.04. The lowest BCUT2D eigenvalue weighted by molar-refractivity contribution is -0.150. The molecule has 5 heteroatoms. The lowest BCUT2D eigenvalue weighted by atomic mass is 10.2. The number of rotatable bonds is 5. The second-order valence-corrected chi connectivity index (χ2v) is 5.39. The van der Waals surface area contributed by atoms with Crippen molar-refractivity contribution in [3.63, 3.8) is 0 Å². The standard InChI is InChI=1S/C17H19NO4/c1-3-21-16(19)14-13(15(14)17(20)22-4-2)12-9-10-7-5-6-8-11(10)18-12/h5-9,13-15,18H,3-4H2,1-2H3. The van der Waals surface area contributed by atoms with Gasteiger partial charge in [-0.15, -0.1) is 0 Å². The Bertz CT molecular complexity index is 649. The zero-order chi connectivity index (χ0) is 15.7. The van der Waals surface area contributed by atoms with Crippen molar-refractivity contribution in [2.75, 3.05) is 13.2 Å². The maximum atomic E-state index is 12.1. The first-order valence-electron chi connectivity index (χ1n) is 7.58. The molecular formula is C17H19NO4. The molecule has 1 aliphatic rings. The fourth-order valence-electron chi connectivity index (χ4n) is 3.04. The Morgan fingerprint density at radius 3 is 2.18 bits per heavy atom. The highest BCUT2D eigenvalue weighted by atomic mass is 16.5. The quantitative estimate of drug-likeness (QED) is 0.862. The van der Waals surface area contributed by atoms with Crippen LogP contribution >= 0.6 is 0 Å². The molecule has 1 aromatic heterocycles. The van der Waals surface area contributed by atoms with Crippen molar-refractivity contribution >= 4 is 22.8 Å². The average molecular weight is 301 g/mol. The first-order valence-corrected chi connectivity index (χ1v) is 7.58. The van der Waals surface area contributed by atoms with Gasteiger partial charge in [-0.25, -0.2) is 0 Å². The van der Waals surface area contributed by atoms with Crippen LogP contribution in [0.4, 0.5) is 0 Å². The second kappa shape index (κ2) is 5.83. The third-order valence-corrected chi connectivity index (χ3v) is 4.05. The van der Waals surface area contributed by atoms with Crippen LogP contribution in [0.2, 0.25) is 0 Å². The largest absolute Gasteiger partial charge is 0.466 e. The topological polar surface area (TPSA) is 68.4 Å². The van der Waals surface area contributed by atoms with Crippen molar-refractivity contribution in [2.24, 2.45) is 11.8 Å². The smallest absolute Gasteiger partial charge is 0.310 e. The minimum absolute atomic E-state index is 0.189. The van der Waals surface area contributed by atoms with E-state index in [0.717, 1.165) is 16.6 Å². The van der Waals surface area contributed by atoms with Crippen LogP contribution in [-0.2, 0) is 19.1 Å². The summed E-state index contributed by atoms with van der Waals surface area (Å²) in [6.45, 7) is 4.14. The van der Waals surface area contributed by atoms with Crippen LogP contribution in [0, 0.1) is 11.8 Å². The SMILES string of the molecule is CCOC(=O)C1C(C(=O)OCC)C1c1cc2ccccc2[nH]1. The molecule has 0 amide bonds. The minimum atomic E-state index is -0.452. The van der Waals surface area contributed by atoms with Gasteiger partial charge >= 0.3 is 11.9 Å². The number of para-hydroxylation sites is 1. The molecule has 2 unspecified atom stereocenters. The Hall–Kier alpha value is -2.30. The van der Waals surface area contributed by atoms with E-state index in [1.54, 1.807) is 13.8 Å². The van der Waals surface area contributed by atoms with E-state index in [1.165, 1.54) is 0 Å². The maximum Gasteiger partial charge on any atom is 0.310 e. The van der Waals surface area contributed by atoms with Gasteiger partial charge in [0, 0.05) is 17.1 Å². The molecule has 5 nitrogen and oxygen atoms in total. The molecule has 1 heterocycles. The van der Waals surface area contributed by atoms with Gasteiger partial charge in [0.05, 0.1) is 25.0 Å². The third-order valence-electron chi connectivity index (χ3n) is 4.05. The maximum absolute atomic E-state index is 12.1. The van der Waals surface area contributed by atoms with Crippen LogP contribution in [0.1, 0.15) is 25.5 Å². The predicted molar refractivity (Wildman–Crippen MR) is 81.3 cm³/mol. The fraction of sp³-hybridized carbons (Fsp3) is 0.412. The summed E-state index contributed by atoms with van der Waals surface area (Å²) < 4.78 is 10.2. The number of H-pyrrole nitrogens is 1. The van der Waals surface area contributed by atoms with Crippen molar-refractivity contribution in [1.29, 1.82) is 0 Å². The molecule has 1 aliphatic carbocycles. The molecule has 1 saturated carbocycles. The first-order chi connectivity index (χ1) is 10.7. The molecule has 3 rings (SSSR count). The van der Waals surface area contributed by atoms with Gasteiger partial charge in [-0.3, -0.25) is 9.59 Å². The lowest BCUT2D eigenvalue weighted by Gasteiger charge is -2.00. The Morgan fingerprint density at radius 2 is 1.64 bits per heavy atom. The second-order valence-electron chi connectivity index (χ2n) is 5.39. The van der Waals surface area contributed by atoms with Gasteiger partial charge in [-0.05, 0) is 31.4 Å². The monoisotopic (exact) mass is 301 g/mol. The van der Waals surface area contributed by atoms with Gasteiger partial charge in [-0.2, -0.15) is 0 Å². The van der Waals surface area contributed by atoms with Crippen LogP contribution < -0.4 is 0 Å². The zero-order valence-corrected chi connectivity index (χ0v) is 12.7. The van der Waals surface area contributed by atoms with Gasteiger partial charge in [0.25, 0.3) is 0 Å². The summed E-state index contributed by atoms with van der Waals surface area (Å²) in [5.41, 5.74) is 1.88. The number of carbonyl (C=O) groups excluding carboxylic acids is 2. The number of hydrogen-bond donors (Lipinski definition) is 1. The Kier molecular flexibility index (Phi) is 3.88. The molecule has 22 heavy (non-hydrogen) atoms. The van der Waals surface area contributed by atoms with E-state index in [1.807, 2.05) is 30.3 Å². The Morgan fingerprint density at radius 1 is 1.05 bits per heavy atom. The Balaban J connectivity index is 1.89. The minimum Gasteiger partial charge on any atom is -0.466 e. The summed E-state index contributed by atoms with van der Waals surface area (Å²) in [5.74, 6) is -1.75. The average Bonchev–Trinajstić information content (AvgIpc) is 3.11. The van der Waals surface area contributed by atoms with Crippen LogP contribution in [0.5, 0.6) is 0 Å². The number of esters is 2. The normalized spacial score (nSPS) is 23.3. The summed E-state index contributed by atoms with van der Waals surface area (Å²) in [7, 11) is 0. The van der Waals surface area contributed by atoms with Crippen LogP contribution in [0.3, 0.4) is 0 Å². The van der Waals surface area contributed by atoms with E-state index in [-0.39, 0.29) is 17.9 Å². The van der Waals surface area contributed by atoms with Crippen molar-refractivity contribution in [3.8, 4) is 0 Å². The number of hydrogen-bond acceptors (Lipinski definition) is 4. The van der Waals surface area contributed by atoms with Gasteiger partial charge in [0.15, 0.2) is 0 Å². The molecule has 2 atom stereocenters. The highest BCUT2D eigenvalue weighted by molar-refractivity contribution is 5.91. The van der Waals surface area contributed by atoms with Gasteiger partial charge in [-0.1, -0.05) is 18.2 Å². The summed E-state index contributed by atoms with van der Waals surface area (Å²) in [6.07, 6.45) is 0. The molecule has 0 bridgehead atoms. The molecule has 0 saturated heterocycles. The number of benzene rings is 1. The molecule has 1 fully saturated rings. The summed E-state index contributed by atoms with van der Waals surface area (Å²) in [6, 6.07) is 9.86. The molecule has 0 radical (unpaired) electrons. The van der Waals surface area contributed by atoms with E-state index < -0.39 is 11.8 Å². The van der Waals surface area contributed by atoms with Crippen LogP contribution in [-0.4, -0.2) is 30.1 Å². The number of ether oxygens (including phenoxy) is 2. The highest BCUT2D eigenvalue weighted by Gasteiger charge is 2.62. The molecule has 0 aliphatic heterocycles. The van der Waals surface area contributed by atoms with Crippen molar-refractivity contribution in [2.45, 2.75) is 19.8 Å². The molecule has 0 spiro atoms. The zero-order valence-electron chi connectivity index (χ0n) is 12.7. The number of aromatic amines is 1. The van der Waals surface area contributed by atoms with E-state index in [2.05, 4.69) is 4.98 Å². The van der Waals surface area contributed by atoms with E-state index >= 15 is 0 Å². The Labute approximate surface area is 128 Å². The predicted octanol–water partition coefficient (Wildman–Crippen LogP) is 2.62. The van der Waals surface area contributed by atoms with Crippen molar-refractivity contribution in [1.82, 2.24) is 4.98 Å². The number of nitrogens with one attached hydrogen (secondary N) is 1. The van der Waals surface area contributed by atoms with Gasteiger partial charge in [0.2, 0.25) is 0 Å². The van der Waals surface area contributed by atoms with Crippen molar-refractivity contribution in [3.05, 3.63) is 36.0 Å². The number of fused-ring (bicyclic) bond motifs is 1. The van der Waals surface area contributed by atoms with E-state index in [0.29, 0.717) is 13.2 Å². The molecule has 116 valence electrons. The van der Waals surface area contributed by atoms with E-state index in [4.69, 9.17) is 9.47 Å². The summed E-state index contributed by atoms with van der Waals surface area (Å²) in [4.78, 5) is 27.5. The first kappa shape index (κ1) is 14.6. The summed E-state index contributed by atoms with van der Waals surface area (Å²) >= 11 is 0. The molecule has 1 N–H and O–H groups in total.